The van der Waals surface area contributed by atoms with Crippen LogP contribution in [-0.2, 0) is 0 Å². The fourth-order valence-electron chi connectivity index (χ4n) is 3.28. The van der Waals surface area contributed by atoms with E-state index in [4.69, 9.17) is 0 Å². The fourth-order valence-corrected chi connectivity index (χ4v) is 3.28. The van der Waals surface area contributed by atoms with E-state index >= 15 is 0 Å². The molecular weight excluding hydrogens is 336 g/mol. The second-order valence-corrected chi connectivity index (χ2v) is 6.66. The first-order chi connectivity index (χ1) is 13.1. The minimum absolute atomic E-state index is 0.258. The lowest BCUT2D eigenvalue weighted by Crippen LogP contribution is -2.19. The summed E-state index contributed by atoms with van der Waals surface area (Å²) in [6.45, 7) is 4.02. The number of nitrogens with zero attached hydrogens (tertiary/aromatic N) is 1. The molecule has 3 N–H and O–H groups in total. The first kappa shape index (κ1) is 16.8. The number of benzene rings is 2. The van der Waals surface area contributed by atoms with Crippen molar-refractivity contribution in [2.24, 2.45) is 0 Å². The van der Waals surface area contributed by atoms with E-state index < -0.39 is 0 Å². The maximum atomic E-state index is 12.3. The van der Waals surface area contributed by atoms with Crippen molar-refractivity contribution in [2.75, 3.05) is 10.6 Å². The molecule has 0 atom stereocenters. The Bertz CT molecular complexity index is 1090. The number of hydrogen-bond acceptors (Lipinski definition) is 2. The normalized spacial score (nSPS) is 10.7. The molecule has 5 nitrogen and oxygen atoms in total. The molecule has 2 amide bonds. The van der Waals surface area contributed by atoms with Crippen LogP contribution in [0, 0.1) is 13.8 Å². The molecule has 2 aromatic heterocycles. The summed E-state index contributed by atoms with van der Waals surface area (Å²) in [5.74, 6) is 0. The Hall–Kier alpha value is -3.60. The molecular formula is C22H20N4O. The van der Waals surface area contributed by atoms with Crippen LogP contribution >= 0.6 is 0 Å². The van der Waals surface area contributed by atoms with Gasteiger partial charge in [-0.1, -0.05) is 18.2 Å². The van der Waals surface area contributed by atoms with Crippen LogP contribution in [-0.4, -0.2) is 16.0 Å². The van der Waals surface area contributed by atoms with Crippen LogP contribution in [0.3, 0.4) is 0 Å². The Balaban J connectivity index is 1.48. The zero-order valence-corrected chi connectivity index (χ0v) is 15.2. The lowest BCUT2D eigenvalue weighted by Gasteiger charge is -2.10. The summed E-state index contributed by atoms with van der Waals surface area (Å²) < 4.78 is 0. The van der Waals surface area contributed by atoms with Gasteiger partial charge in [0.05, 0.1) is 11.7 Å². The Morgan fingerprint density at radius 2 is 1.63 bits per heavy atom. The first-order valence-electron chi connectivity index (χ1n) is 8.76. The van der Waals surface area contributed by atoms with E-state index in [1.54, 1.807) is 6.20 Å². The van der Waals surface area contributed by atoms with Crippen LogP contribution in [0.1, 0.15) is 11.1 Å². The average Bonchev–Trinajstić information content (AvgIpc) is 3.05. The number of nitrogens with one attached hydrogen (secondary N) is 3. The topological polar surface area (TPSA) is 69.8 Å². The van der Waals surface area contributed by atoms with Crippen molar-refractivity contribution < 1.29 is 4.79 Å². The monoisotopic (exact) mass is 356 g/mol. The maximum absolute atomic E-state index is 12.3. The van der Waals surface area contributed by atoms with Gasteiger partial charge in [-0.05, 0) is 60.9 Å². The third-order valence-corrected chi connectivity index (χ3v) is 4.42. The maximum Gasteiger partial charge on any atom is 0.323 e. The van der Waals surface area contributed by atoms with Crippen LogP contribution in [0.5, 0.6) is 0 Å². The lowest BCUT2D eigenvalue weighted by molar-refractivity contribution is 0.262. The molecule has 134 valence electrons. The van der Waals surface area contributed by atoms with E-state index in [0.717, 1.165) is 44.5 Å². The Kier molecular flexibility index (Phi) is 4.34. The van der Waals surface area contributed by atoms with E-state index in [-0.39, 0.29) is 6.03 Å². The van der Waals surface area contributed by atoms with Crippen LogP contribution in [0.2, 0.25) is 0 Å². The predicted molar refractivity (Wildman–Crippen MR) is 110 cm³/mol. The van der Waals surface area contributed by atoms with Gasteiger partial charge < -0.3 is 15.6 Å². The van der Waals surface area contributed by atoms with E-state index in [9.17, 15) is 4.79 Å². The number of rotatable bonds is 3. The Labute approximate surface area is 157 Å². The smallest absolute Gasteiger partial charge is 0.323 e. The molecule has 27 heavy (non-hydrogen) atoms. The molecule has 0 bridgehead atoms. The number of aromatic amines is 1. The third kappa shape index (κ3) is 3.67. The number of pyridine rings is 1. The number of H-pyrrole nitrogens is 1. The SMILES string of the molecule is Cc1cc(C)cc(NC(=O)Nc2ccc(-c3c[nH]c4cnccc34)cc2)c1. The molecule has 0 unspecified atom stereocenters. The van der Waals surface area contributed by atoms with Crippen molar-refractivity contribution in [1.82, 2.24) is 9.97 Å². The fraction of sp³-hybridized carbons (Fsp3) is 0.0909. The molecule has 2 heterocycles. The molecule has 4 aromatic rings. The number of aryl methyl sites for hydroxylation is 2. The zero-order valence-electron chi connectivity index (χ0n) is 15.2. The number of hydrogen-bond donors (Lipinski definition) is 3. The van der Waals surface area contributed by atoms with Gasteiger partial charge in [0.15, 0.2) is 0 Å². The molecule has 0 fully saturated rings. The van der Waals surface area contributed by atoms with E-state index in [2.05, 4.69) is 26.7 Å². The van der Waals surface area contributed by atoms with Gasteiger partial charge in [0.1, 0.15) is 0 Å². The Morgan fingerprint density at radius 3 is 2.37 bits per heavy atom. The molecule has 0 saturated carbocycles. The summed E-state index contributed by atoms with van der Waals surface area (Å²) in [6.07, 6.45) is 5.57. The molecule has 4 rings (SSSR count). The highest BCUT2D eigenvalue weighted by atomic mass is 16.2. The first-order valence-corrected chi connectivity index (χ1v) is 8.76. The van der Waals surface area contributed by atoms with Gasteiger partial charge in [0.25, 0.3) is 0 Å². The van der Waals surface area contributed by atoms with Gasteiger partial charge >= 0.3 is 6.03 Å². The van der Waals surface area contributed by atoms with Crippen LogP contribution < -0.4 is 10.6 Å². The molecule has 0 spiro atoms. The predicted octanol–water partition coefficient (Wildman–Crippen LogP) is 5.49. The summed E-state index contributed by atoms with van der Waals surface area (Å²) in [6, 6.07) is 15.5. The van der Waals surface area contributed by atoms with Crippen LogP contribution in [0.15, 0.2) is 67.1 Å². The molecule has 5 heteroatoms. The second kappa shape index (κ2) is 6.96. The average molecular weight is 356 g/mol. The molecule has 0 radical (unpaired) electrons. The molecule has 2 aromatic carbocycles. The van der Waals surface area contributed by atoms with Crippen molar-refractivity contribution in [1.29, 1.82) is 0 Å². The van der Waals surface area contributed by atoms with Crippen LogP contribution in [0.4, 0.5) is 16.2 Å². The van der Waals surface area contributed by atoms with Gasteiger partial charge in [-0.3, -0.25) is 4.98 Å². The number of amides is 2. The summed E-state index contributed by atoms with van der Waals surface area (Å²) in [7, 11) is 0. The quantitative estimate of drug-likeness (QED) is 0.454. The number of fused-ring (bicyclic) bond motifs is 1. The van der Waals surface area contributed by atoms with E-state index in [1.165, 1.54) is 0 Å². The molecule has 0 saturated heterocycles. The van der Waals surface area contributed by atoms with Crippen molar-refractivity contribution >= 4 is 28.3 Å². The number of carbonyl (C=O) groups excluding carboxylic acids is 1. The summed E-state index contributed by atoms with van der Waals surface area (Å²) in [5, 5.41) is 6.87. The van der Waals surface area contributed by atoms with Crippen molar-refractivity contribution in [2.45, 2.75) is 13.8 Å². The van der Waals surface area contributed by atoms with Gasteiger partial charge in [-0.2, -0.15) is 0 Å². The summed E-state index contributed by atoms with van der Waals surface area (Å²) >= 11 is 0. The van der Waals surface area contributed by atoms with Gasteiger partial charge in [0, 0.05) is 34.7 Å². The number of carbonyl (C=O) groups is 1. The number of aromatic nitrogens is 2. The highest BCUT2D eigenvalue weighted by molar-refractivity contribution is 6.00. The number of urea groups is 1. The van der Waals surface area contributed by atoms with Gasteiger partial charge in [-0.15, -0.1) is 0 Å². The molecule has 0 aliphatic carbocycles. The van der Waals surface area contributed by atoms with E-state index in [1.807, 2.05) is 68.7 Å². The van der Waals surface area contributed by atoms with Gasteiger partial charge in [-0.25, -0.2) is 4.79 Å². The Morgan fingerprint density at radius 1 is 0.926 bits per heavy atom. The minimum atomic E-state index is -0.258. The highest BCUT2D eigenvalue weighted by Crippen LogP contribution is 2.28. The third-order valence-electron chi connectivity index (χ3n) is 4.42. The minimum Gasteiger partial charge on any atom is -0.359 e. The van der Waals surface area contributed by atoms with Crippen molar-refractivity contribution in [3.05, 3.63) is 78.2 Å². The zero-order chi connectivity index (χ0) is 18.8. The van der Waals surface area contributed by atoms with Gasteiger partial charge in [0.2, 0.25) is 0 Å². The molecule has 0 aliphatic rings. The molecule has 0 aliphatic heterocycles. The lowest BCUT2D eigenvalue weighted by atomic mass is 10.1. The largest absolute Gasteiger partial charge is 0.359 e. The summed E-state index contributed by atoms with van der Waals surface area (Å²) in [4.78, 5) is 19.6. The van der Waals surface area contributed by atoms with Crippen molar-refractivity contribution in [3.63, 3.8) is 0 Å². The van der Waals surface area contributed by atoms with E-state index in [0.29, 0.717) is 0 Å². The second-order valence-electron chi connectivity index (χ2n) is 6.66. The standard InChI is InChI=1S/C22H20N4O/c1-14-9-15(2)11-18(10-14)26-22(27)25-17-5-3-16(4-6-17)20-12-24-21-13-23-8-7-19(20)21/h3-13,24H,1-2H3,(H2,25,26,27). The number of anilines is 2. The highest BCUT2D eigenvalue weighted by Gasteiger charge is 2.07. The summed E-state index contributed by atoms with van der Waals surface area (Å²) in [5.41, 5.74) is 6.94. The van der Waals surface area contributed by atoms with Crippen LogP contribution in [0.25, 0.3) is 22.0 Å². The van der Waals surface area contributed by atoms with Crippen molar-refractivity contribution in [3.8, 4) is 11.1 Å².